The number of carbonyl (C=O) groups is 1. The molecule has 1 amide bonds. The lowest BCUT2D eigenvalue weighted by Gasteiger charge is -2.40. The molecule has 0 bridgehead atoms. The fourth-order valence-corrected chi connectivity index (χ4v) is 1.79. The van der Waals surface area contributed by atoms with Crippen LogP contribution in [-0.4, -0.2) is 60.1 Å². The van der Waals surface area contributed by atoms with Crippen LogP contribution in [0.25, 0.3) is 0 Å². The molecular weight excluding hydrogens is 180 g/mol. The number of hydrogen-bond acceptors (Lipinski definition) is 3. The number of likely N-dealkylation sites (N-methyl/N-ethyl adjacent to an activating group) is 1. The molecule has 1 aliphatic heterocycles. The van der Waals surface area contributed by atoms with Gasteiger partial charge in [0.25, 0.3) is 0 Å². The van der Waals surface area contributed by atoms with E-state index in [1.165, 1.54) is 0 Å². The average Bonchev–Trinajstić information content (AvgIpc) is 2.16. The van der Waals surface area contributed by atoms with E-state index in [9.17, 15) is 9.90 Å². The molecule has 0 aliphatic carbocycles. The van der Waals surface area contributed by atoms with Crippen molar-refractivity contribution in [2.24, 2.45) is 5.92 Å². The molecule has 0 aromatic heterocycles. The van der Waals surface area contributed by atoms with Crippen LogP contribution in [0.2, 0.25) is 0 Å². The molecule has 0 aromatic rings. The highest BCUT2D eigenvalue weighted by Gasteiger charge is 2.29. The molecule has 4 nitrogen and oxygen atoms in total. The molecular formula is C10H20N2O2. The van der Waals surface area contributed by atoms with Crippen molar-refractivity contribution < 1.29 is 9.90 Å². The van der Waals surface area contributed by atoms with Gasteiger partial charge in [-0.05, 0) is 7.05 Å². The molecule has 0 saturated carbocycles. The summed E-state index contributed by atoms with van der Waals surface area (Å²) in [7, 11) is 2.01. The summed E-state index contributed by atoms with van der Waals surface area (Å²) in [6.45, 7) is 6.26. The minimum Gasteiger partial charge on any atom is -0.394 e. The van der Waals surface area contributed by atoms with E-state index < -0.39 is 0 Å². The monoisotopic (exact) mass is 200 g/mol. The summed E-state index contributed by atoms with van der Waals surface area (Å²) in [6, 6.07) is -0.0244. The standard InChI is InChI=1S/C10H20N2O2/c1-8(2)10(14)12-5-4-11(3)6-9(12)7-13/h8-9,13H,4-7H2,1-3H3. The minimum absolute atomic E-state index is 0.0208. The predicted octanol–water partition coefficient (Wildman–Crippen LogP) is -0.223. The highest BCUT2D eigenvalue weighted by Crippen LogP contribution is 2.11. The SMILES string of the molecule is CC(C)C(=O)N1CCN(C)CC1CO. The lowest BCUT2D eigenvalue weighted by molar-refractivity contribution is -0.140. The van der Waals surface area contributed by atoms with Crippen molar-refractivity contribution in [1.82, 2.24) is 9.80 Å². The van der Waals surface area contributed by atoms with Crippen molar-refractivity contribution in [1.29, 1.82) is 0 Å². The third-order valence-electron chi connectivity index (χ3n) is 2.67. The van der Waals surface area contributed by atoms with Crippen molar-refractivity contribution in [3.63, 3.8) is 0 Å². The molecule has 0 radical (unpaired) electrons. The Bertz CT molecular complexity index is 206. The van der Waals surface area contributed by atoms with Crippen molar-refractivity contribution in [2.45, 2.75) is 19.9 Å². The van der Waals surface area contributed by atoms with Crippen LogP contribution >= 0.6 is 0 Å². The lowest BCUT2D eigenvalue weighted by atomic mass is 10.1. The molecule has 1 heterocycles. The van der Waals surface area contributed by atoms with Crippen molar-refractivity contribution in [2.75, 3.05) is 33.3 Å². The Labute approximate surface area is 85.5 Å². The van der Waals surface area contributed by atoms with Crippen LogP contribution in [-0.2, 0) is 4.79 Å². The van der Waals surface area contributed by atoms with Gasteiger partial charge in [0, 0.05) is 25.6 Å². The Morgan fingerprint density at radius 2 is 2.14 bits per heavy atom. The molecule has 1 unspecified atom stereocenters. The van der Waals surface area contributed by atoms with Crippen LogP contribution < -0.4 is 0 Å². The number of hydrogen-bond donors (Lipinski definition) is 1. The van der Waals surface area contributed by atoms with Gasteiger partial charge in [-0.15, -0.1) is 0 Å². The van der Waals surface area contributed by atoms with E-state index in [1.54, 1.807) is 0 Å². The van der Waals surface area contributed by atoms with E-state index in [4.69, 9.17) is 0 Å². The molecule has 4 heteroatoms. The third kappa shape index (κ3) is 2.45. The summed E-state index contributed by atoms with van der Waals surface area (Å²) in [4.78, 5) is 15.7. The second-order valence-corrected chi connectivity index (χ2v) is 4.28. The normalized spacial score (nSPS) is 24.4. The maximum absolute atomic E-state index is 11.8. The van der Waals surface area contributed by atoms with Gasteiger partial charge < -0.3 is 14.9 Å². The number of piperazine rings is 1. The quantitative estimate of drug-likeness (QED) is 0.670. The number of aliphatic hydroxyl groups excluding tert-OH is 1. The molecule has 1 saturated heterocycles. The van der Waals surface area contributed by atoms with E-state index in [0.29, 0.717) is 0 Å². The van der Waals surface area contributed by atoms with Crippen LogP contribution in [0, 0.1) is 5.92 Å². The number of aliphatic hydroxyl groups is 1. The van der Waals surface area contributed by atoms with Gasteiger partial charge in [-0.25, -0.2) is 0 Å². The number of nitrogens with zero attached hydrogens (tertiary/aromatic N) is 2. The fraction of sp³-hybridized carbons (Fsp3) is 0.900. The number of rotatable bonds is 2. The minimum atomic E-state index is -0.0244. The first-order chi connectivity index (χ1) is 6.56. The lowest BCUT2D eigenvalue weighted by Crippen LogP contribution is -2.56. The Morgan fingerprint density at radius 1 is 1.50 bits per heavy atom. The third-order valence-corrected chi connectivity index (χ3v) is 2.67. The van der Waals surface area contributed by atoms with E-state index in [2.05, 4.69) is 4.90 Å². The van der Waals surface area contributed by atoms with E-state index in [0.717, 1.165) is 19.6 Å². The largest absolute Gasteiger partial charge is 0.394 e. The maximum atomic E-state index is 11.8. The second-order valence-electron chi connectivity index (χ2n) is 4.28. The zero-order valence-electron chi connectivity index (χ0n) is 9.23. The summed E-state index contributed by atoms with van der Waals surface area (Å²) < 4.78 is 0. The first kappa shape index (κ1) is 11.5. The van der Waals surface area contributed by atoms with Crippen molar-refractivity contribution in [3.05, 3.63) is 0 Å². The predicted molar refractivity (Wildman–Crippen MR) is 54.9 cm³/mol. The molecule has 1 aliphatic rings. The summed E-state index contributed by atoms with van der Waals surface area (Å²) in [6.07, 6.45) is 0. The van der Waals surface area contributed by atoms with Crippen LogP contribution in [0.15, 0.2) is 0 Å². The maximum Gasteiger partial charge on any atom is 0.225 e. The van der Waals surface area contributed by atoms with Gasteiger partial charge in [0.2, 0.25) is 5.91 Å². The Hall–Kier alpha value is -0.610. The summed E-state index contributed by atoms with van der Waals surface area (Å²) in [5, 5.41) is 9.19. The van der Waals surface area contributed by atoms with Crippen LogP contribution in [0.4, 0.5) is 0 Å². The Morgan fingerprint density at radius 3 is 2.64 bits per heavy atom. The first-order valence-corrected chi connectivity index (χ1v) is 5.16. The molecule has 1 atom stereocenters. The van der Waals surface area contributed by atoms with Gasteiger partial charge >= 0.3 is 0 Å². The topological polar surface area (TPSA) is 43.8 Å². The Balaban J connectivity index is 2.63. The first-order valence-electron chi connectivity index (χ1n) is 5.16. The summed E-state index contributed by atoms with van der Waals surface area (Å²) >= 11 is 0. The zero-order chi connectivity index (χ0) is 10.7. The molecule has 0 aromatic carbocycles. The van der Waals surface area contributed by atoms with Crippen LogP contribution in [0.1, 0.15) is 13.8 Å². The van der Waals surface area contributed by atoms with Crippen LogP contribution in [0.3, 0.4) is 0 Å². The fourth-order valence-electron chi connectivity index (χ4n) is 1.79. The van der Waals surface area contributed by atoms with Gasteiger partial charge in [-0.3, -0.25) is 4.79 Å². The molecule has 82 valence electrons. The molecule has 1 rings (SSSR count). The van der Waals surface area contributed by atoms with Gasteiger partial charge in [-0.2, -0.15) is 0 Å². The van der Waals surface area contributed by atoms with Crippen molar-refractivity contribution >= 4 is 5.91 Å². The number of amides is 1. The van der Waals surface area contributed by atoms with Gasteiger partial charge in [-0.1, -0.05) is 13.8 Å². The van der Waals surface area contributed by atoms with Gasteiger partial charge in [0.15, 0.2) is 0 Å². The van der Waals surface area contributed by atoms with Gasteiger partial charge in [0.1, 0.15) is 0 Å². The number of carbonyl (C=O) groups excluding carboxylic acids is 1. The molecule has 1 fully saturated rings. The highest BCUT2D eigenvalue weighted by atomic mass is 16.3. The van der Waals surface area contributed by atoms with Crippen molar-refractivity contribution in [3.8, 4) is 0 Å². The van der Waals surface area contributed by atoms with E-state index in [1.807, 2.05) is 25.8 Å². The van der Waals surface area contributed by atoms with E-state index in [-0.39, 0.29) is 24.5 Å². The second kappa shape index (κ2) is 4.75. The molecule has 14 heavy (non-hydrogen) atoms. The van der Waals surface area contributed by atoms with Gasteiger partial charge in [0.05, 0.1) is 12.6 Å². The Kier molecular flexibility index (Phi) is 3.89. The highest BCUT2D eigenvalue weighted by molar-refractivity contribution is 5.78. The average molecular weight is 200 g/mol. The molecule has 0 spiro atoms. The van der Waals surface area contributed by atoms with E-state index >= 15 is 0 Å². The smallest absolute Gasteiger partial charge is 0.225 e. The summed E-state index contributed by atoms with van der Waals surface area (Å²) in [5.74, 6) is 0.171. The molecule has 1 N–H and O–H groups in total. The summed E-state index contributed by atoms with van der Waals surface area (Å²) in [5.41, 5.74) is 0. The van der Waals surface area contributed by atoms with Crippen LogP contribution in [0.5, 0.6) is 0 Å². The zero-order valence-corrected chi connectivity index (χ0v) is 9.23.